The molecule has 2 aromatic rings. The van der Waals surface area contributed by atoms with Crippen LogP contribution in [-0.4, -0.2) is 58.5 Å². The van der Waals surface area contributed by atoms with Crippen LogP contribution in [0.2, 0.25) is 0 Å². The normalized spacial score (nSPS) is 11.0. The van der Waals surface area contributed by atoms with Crippen molar-refractivity contribution in [3.8, 4) is 16.9 Å². The monoisotopic (exact) mass is 328 g/mol. The Morgan fingerprint density at radius 2 is 1.58 bits per heavy atom. The molecule has 0 aliphatic rings. The molecule has 0 saturated heterocycles. The Labute approximate surface area is 145 Å². The number of nitrogens with zero attached hydrogens (tertiary/aromatic N) is 1. The largest absolute Gasteiger partial charge is 0.491 e. The van der Waals surface area contributed by atoms with Gasteiger partial charge in [-0.05, 0) is 25.7 Å². The lowest BCUT2D eigenvalue weighted by Gasteiger charge is -2.12. The standard InChI is InChI=1S/C20H28N2O2/c1-22(2)14-12-21-13-15-23-16-17-24-20-11-7-6-10-19(20)18-8-4-3-5-9-18/h3-11,21H,12-17H2,1-2H3. The molecule has 0 saturated carbocycles. The number of ether oxygens (including phenoxy) is 2. The zero-order valence-corrected chi connectivity index (χ0v) is 14.7. The summed E-state index contributed by atoms with van der Waals surface area (Å²) in [4.78, 5) is 2.16. The molecule has 0 atom stereocenters. The van der Waals surface area contributed by atoms with E-state index in [2.05, 4.69) is 42.5 Å². The smallest absolute Gasteiger partial charge is 0.127 e. The molecule has 1 N–H and O–H groups in total. The second-order valence-corrected chi connectivity index (χ2v) is 5.88. The van der Waals surface area contributed by atoms with Crippen molar-refractivity contribution >= 4 is 0 Å². The molecular formula is C20H28N2O2. The fourth-order valence-corrected chi connectivity index (χ4v) is 2.33. The van der Waals surface area contributed by atoms with Crippen LogP contribution < -0.4 is 10.1 Å². The Morgan fingerprint density at radius 3 is 2.38 bits per heavy atom. The lowest BCUT2D eigenvalue weighted by Crippen LogP contribution is -2.29. The first-order valence-corrected chi connectivity index (χ1v) is 8.48. The number of hydrogen-bond donors (Lipinski definition) is 1. The van der Waals surface area contributed by atoms with Crippen molar-refractivity contribution in [2.45, 2.75) is 0 Å². The van der Waals surface area contributed by atoms with Crippen LogP contribution in [0.3, 0.4) is 0 Å². The van der Waals surface area contributed by atoms with Gasteiger partial charge in [-0.1, -0.05) is 48.5 Å². The summed E-state index contributed by atoms with van der Waals surface area (Å²) in [5, 5.41) is 3.35. The fraction of sp³-hybridized carbons (Fsp3) is 0.400. The molecule has 0 aliphatic carbocycles. The second kappa shape index (κ2) is 10.8. The first-order valence-electron chi connectivity index (χ1n) is 8.48. The van der Waals surface area contributed by atoms with Crippen molar-refractivity contribution in [3.63, 3.8) is 0 Å². The Bertz CT molecular complexity index is 573. The average Bonchev–Trinajstić information content (AvgIpc) is 2.61. The maximum atomic E-state index is 5.90. The predicted octanol–water partition coefficient (Wildman–Crippen LogP) is 2.90. The quantitative estimate of drug-likeness (QED) is 0.643. The van der Waals surface area contributed by atoms with E-state index >= 15 is 0 Å². The molecule has 2 aromatic carbocycles. The average molecular weight is 328 g/mol. The van der Waals surface area contributed by atoms with Crippen LogP contribution in [0.1, 0.15) is 0 Å². The SMILES string of the molecule is CN(C)CCNCCOCCOc1ccccc1-c1ccccc1. The van der Waals surface area contributed by atoms with Gasteiger partial charge in [0.15, 0.2) is 0 Å². The summed E-state index contributed by atoms with van der Waals surface area (Å²) in [5.41, 5.74) is 2.28. The molecule has 24 heavy (non-hydrogen) atoms. The van der Waals surface area contributed by atoms with E-state index in [1.165, 1.54) is 5.56 Å². The van der Waals surface area contributed by atoms with Gasteiger partial charge in [-0.25, -0.2) is 0 Å². The fourth-order valence-electron chi connectivity index (χ4n) is 2.33. The summed E-state index contributed by atoms with van der Waals surface area (Å²) in [6.07, 6.45) is 0. The lowest BCUT2D eigenvalue weighted by atomic mass is 10.1. The van der Waals surface area contributed by atoms with E-state index in [4.69, 9.17) is 9.47 Å². The third kappa shape index (κ3) is 6.71. The molecule has 0 spiro atoms. The highest BCUT2D eigenvalue weighted by molar-refractivity contribution is 5.70. The van der Waals surface area contributed by atoms with E-state index in [9.17, 15) is 0 Å². The minimum absolute atomic E-state index is 0.557. The van der Waals surface area contributed by atoms with E-state index < -0.39 is 0 Å². The first-order chi connectivity index (χ1) is 11.8. The predicted molar refractivity (Wildman–Crippen MR) is 99.6 cm³/mol. The van der Waals surface area contributed by atoms with Crippen molar-refractivity contribution in [2.24, 2.45) is 0 Å². The Balaban J connectivity index is 1.67. The van der Waals surface area contributed by atoms with Crippen LogP contribution in [0.4, 0.5) is 0 Å². The number of hydrogen-bond acceptors (Lipinski definition) is 4. The van der Waals surface area contributed by atoms with E-state index in [1.807, 2.05) is 36.4 Å². The number of para-hydroxylation sites is 1. The van der Waals surface area contributed by atoms with Gasteiger partial charge in [-0.15, -0.1) is 0 Å². The van der Waals surface area contributed by atoms with E-state index in [0.717, 1.165) is 30.9 Å². The van der Waals surface area contributed by atoms with Crippen LogP contribution in [-0.2, 0) is 4.74 Å². The van der Waals surface area contributed by atoms with Crippen molar-refractivity contribution in [1.82, 2.24) is 10.2 Å². The Kier molecular flexibility index (Phi) is 8.32. The highest BCUT2D eigenvalue weighted by Gasteiger charge is 2.04. The third-order valence-corrected chi connectivity index (χ3v) is 3.62. The van der Waals surface area contributed by atoms with E-state index in [-0.39, 0.29) is 0 Å². The third-order valence-electron chi connectivity index (χ3n) is 3.62. The van der Waals surface area contributed by atoms with Gasteiger partial charge in [-0.3, -0.25) is 0 Å². The lowest BCUT2D eigenvalue weighted by molar-refractivity contribution is 0.102. The summed E-state index contributed by atoms with van der Waals surface area (Å²) in [5.74, 6) is 0.899. The second-order valence-electron chi connectivity index (χ2n) is 5.88. The Hall–Kier alpha value is -1.88. The van der Waals surface area contributed by atoms with Gasteiger partial charge in [0.05, 0.1) is 13.2 Å². The first kappa shape index (κ1) is 18.5. The van der Waals surface area contributed by atoms with Crippen molar-refractivity contribution < 1.29 is 9.47 Å². The molecule has 0 radical (unpaired) electrons. The van der Waals surface area contributed by atoms with Crippen LogP contribution in [0.25, 0.3) is 11.1 Å². The van der Waals surface area contributed by atoms with Gasteiger partial charge in [-0.2, -0.15) is 0 Å². The molecule has 0 unspecified atom stereocenters. The zero-order chi connectivity index (χ0) is 17.0. The molecule has 0 amide bonds. The molecule has 130 valence electrons. The van der Waals surface area contributed by atoms with E-state index in [0.29, 0.717) is 19.8 Å². The van der Waals surface area contributed by atoms with Gasteiger partial charge in [0.25, 0.3) is 0 Å². The highest BCUT2D eigenvalue weighted by Crippen LogP contribution is 2.29. The van der Waals surface area contributed by atoms with E-state index in [1.54, 1.807) is 0 Å². The van der Waals surface area contributed by atoms with Gasteiger partial charge in [0, 0.05) is 25.2 Å². The summed E-state index contributed by atoms with van der Waals surface area (Å²) in [7, 11) is 4.14. The molecule has 0 aliphatic heterocycles. The van der Waals surface area contributed by atoms with Crippen molar-refractivity contribution in [3.05, 3.63) is 54.6 Å². The molecule has 4 heteroatoms. The minimum atomic E-state index is 0.557. The van der Waals surface area contributed by atoms with Crippen LogP contribution >= 0.6 is 0 Å². The maximum absolute atomic E-state index is 5.90. The van der Waals surface area contributed by atoms with Gasteiger partial charge < -0.3 is 19.7 Å². The molecule has 0 aromatic heterocycles. The van der Waals surface area contributed by atoms with Crippen molar-refractivity contribution in [1.29, 1.82) is 0 Å². The zero-order valence-electron chi connectivity index (χ0n) is 14.7. The van der Waals surface area contributed by atoms with Crippen molar-refractivity contribution in [2.75, 3.05) is 53.6 Å². The van der Waals surface area contributed by atoms with Gasteiger partial charge in [0.2, 0.25) is 0 Å². The van der Waals surface area contributed by atoms with Crippen LogP contribution in [0, 0.1) is 0 Å². The molecular weight excluding hydrogens is 300 g/mol. The number of likely N-dealkylation sites (N-methyl/N-ethyl adjacent to an activating group) is 1. The molecule has 0 fully saturated rings. The maximum Gasteiger partial charge on any atom is 0.127 e. The molecule has 4 nitrogen and oxygen atoms in total. The number of benzene rings is 2. The van der Waals surface area contributed by atoms with Gasteiger partial charge in [0.1, 0.15) is 12.4 Å². The molecule has 0 bridgehead atoms. The number of nitrogens with one attached hydrogen (secondary N) is 1. The summed E-state index contributed by atoms with van der Waals surface area (Å²) in [6, 6.07) is 18.4. The molecule has 0 heterocycles. The minimum Gasteiger partial charge on any atom is -0.491 e. The summed E-state index contributed by atoms with van der Waals surface area (Å²) in [6.45, 7) is 4.75. The Morgan fingerprint density at radius 1 is 0.833 bits per heavy atom. The number of rotatable bonds is 11. The van der Waals surface area contributed by atoms with Crippen LogP contribution in [0.15, 0.2) is 54.6 Å². The van der Waals surface area contributed by atoms with Gasteiger partial charge >= 0.3 is 0 Å². The topological polar surface area (TPSA) is 33.7 Å². The molecule has 2 rings (SSSR count). The van der Waals surface area contributed by atoms with Crippen LogP contribution in [0.5, 0.6) is 5.75 Å². The summed E-state index contributed by atoms with van der Waals surface area (Å²) < 4.78 is 11.5. The highest BCUT2D eigenvalue weighted by atomic mass is 16.5. The summed E-state index contributed by atoms with van der Waals surface area (Å²) >= 11 is 0.